The fourth-order valence-corrected chi connectivity index (χ4v) is 0.198. The van der Waals surface area contributed by atoms with Gasteiger partial charge in [0, 0.05) is 6.20 Å². The predicted molar refractivity (Wildman–Crippen MR) is 44.9 cm³/mol. The molecule has 0 fully saturated rings. The van der Waals surface area contributed by atoms with Crippen LogP contribution < -0.4 is 0 Å². The molecule has 0 saturated heterocycles. The lowest BCUT2D eigenvalue weighted by atomic mass is 10.5. The van der Waals surface area contributed by atoms with Crippen molar-refractivity contribution < 1.29 is 4.39 Å². The summed E-state index contributed by atoms with van der Waals surface area (Å²) in [6.45, 7) is 8.88. The molecule has 0 atom stereocenters. The van der Waals surface area contributed by atoms with E-state index in [1.165, 1.54) is 12.3 Å². The van der Waals surface area contributed by atoms with E-state index in [2.05, 4.69) is 11.6 Å². The highest BCUT2D eigenvalue weighted by Gasteiger charge is 1.78. The SMILES string of the molecule is C=CN=C/C(F)=C/C.CC. The zero-order valence-corrected chi connectivity index (χ0v) is 6.76. The lowest BCUT2D eigenvalue weighted by Crippen LogP contribution is -1.69. The van der Waals surface area contributed by atoms with Crippen LogP contribution in [-0.4, -0.2) is 6.21 Å². The summed E-state index contributed by atoms with van der Waals surface area (Å²) in [5.74, 6) is -0.343. The largest absolute Gasteiger partial charge is 0.262 e. The fraction of sp³-hybridized carbons (Fsp3) is 0.375. The molecule has 0 radical (unpaired) electrons. The van der Waals surface area contributed by atoms with E-state index in [0.717, 1.165) is 6.21 Å². The Kier molecular flexibility index (Phi) is 13.0. The van der Waals surface area contributed by atoms with Crippen LogP contribution in [0.25, 0.3) is 0 Å². The Morgan fingerprint density at radius 2 is 2.00 bits per heavy atom. The Morgan fingerprint density at radius 3 is 2.30 bits per heavy atom. The monoisotopic (exact) mass is 143 g/mol. The Hall–Kier alpha value is -0.920. The van der Waals surface area contributed by atoms with Crippen molar-refractivity contribution in [1.29, 1.82) is 0 Å². The maximum absolute atomic E-state index is 12.0. The summed E-state index contributed by atoms with van der Waals surface area (Å²) in [6, 6.07) is 0. The van der Waals surface area contributed by atoms with Crippen molar-refractivity contribution in [3.8, 4) is 0 Å². The molecule has 0 N–H and O–H groups in total. The molecule has 0 bridgehead atoms. The molecule has 0 aliphatic heterocycles. The lowest BCUT2D eigenvalue weighted by molar-refractivity contribution is 0.684. The van der Waals surface area contributed by atoms with Crippen LogP contribution in [0.4, 0.5) is 4.39 Å². The van der Waals surface area contributed by atoms with Gasteiger partial charge in [-0.05, 0) is 6.92 Å². The maximum Gasteiger partial charge on any atom is 0.137 e. The standard InChI is InChI=1S/C6H8FN.C2H6/c1-3-6(7)5-8-4-2;1-2/h3-5H,2H2,1H3;1-2H3/b6-3-,8-5?;. The van der Waals surface area contributed by atoms with Gasteiger partial charge in [-0.15, -0.1) is 0 Å². The van der Waals surface area contributed by atoms with E-state index in [4.69, 9.17) is 0 Å². The second kappa shape index (κ2) is 11.0. The molecule has 0 amide bonds. The fourth-order valence-electron chi connectivity index (χ4n) is 0.198. The van der Waals surface area contributed by atoms with Crippen molar-refractivity contribution in [2.45, 2.75) is 20.8 Å². The quantitative estimate of drug-likeness (QED) is 0.527. The van der Waals surface area contributed by atoms with E-state index >= 15 is 0 Å². The van der Waals surface area contributed by atoms with Gasteiger partial charge < -0.3 is 0 Å². The lowest BCUT2D eigenvalue weighted by Gasteiger charge is -1.76. The van der Waals surface area contributed by atoms with Crippen molar-refractivity contribution in [2.75, 3.05) is 0 Å². The number of allylic oxidation sites excluding steroid dienone is 2. The number of halogens is 1. The third-order valence-electron chi connectivity index (χ3n) is 0.579. The van der Waals surface area contributed by atoms with Crippen molar-refractivity contribution in [3.63, 3.8) is 0 Å². The second-order valence-electron chi connectivity index (χ2n) is 1.13. The molecule has 2 heteroatoms. The molecule has 0 aromatic heterocycles. The van der Waals surface area contributed by atoms with Crippen molar-refractivity contribution in [3.05, 3.63) is 24.7 Å². The van der Waals surface area contributed by atoms with Gasteiger partial charge in [-0.3, -0.25) is 4.99 Å². The van der Waals surface area contributed by atoms with E-state index in [9.17, 15) is 4.39 Å². The first-order valence-electron chi connectivity index (χ1n) is 3.27. The second-order valence-corrected chi connectivity index (χ2v) is 1.13. The zero-order valence-electron chi connectivity index (χ0n) is 6.76. The molecule has 0 saturated carbocycles. The summed E-state index contributed by atoms with van der Waals surface area (Å²) in [7, 11) is 0. The van der Waals surface area contributed by atoms with E-state index < -0.39 is 0 Å². The highest BCUT2D eigenvalue weighted by atomic mass is 19.1. The van der Waals surface area contributed by atoms with Gasteiger partial charge in [0.2, 0.25) is 0 Å². The third kappa shape index (κ3) is 10.1. The highest BCUT2D eigenvalue weighted by Crippen LogP contribution is 1.88. The molecular formula is C8H14FN. The summed E-state index contributed by atoms with van der Waals surface area (Å²) in [6.07, 6.45) is 3.71. The minimum Gasteiger partial charge on any atom is -0.262 e. The molecule has 0 aromatic carbocycles. The molecule has 0 rings (SSSR count). The van der Waals surface area contributed by atoms with E-state index in [1.807, 2.05) is 13.8 Å². The average molecular weight is 143 g/mol. The molecule has 10 heavy (non-hydrogen) atoms. The minimum atomic E-state index is -0.343. The normalized spacial score (nSPS) is 10.6. The van der Waals surface area contributed by atoms with Gasteiger partial charge >= 0.3 is 0 Å². The average Bonchev–Trinajstić information content (AvgIpc) is 2.04. The van der Waals surface area contributed by atoms with Crippen molar-refractivity contribution in [1.82, 2.24) is 0 Å². The number of hydrogen-bond donors (Lipinski definition) is 0. The Labute approximate surface area is 62.0 Å². The number of rotatable bonds is 2. The number of aliphatic imine (C=N–C) groups is 1. The summed E-state index contributed by atoms with van der Waals surface area (Å²) in [5, 5.41) is 0. The number of hydrogen-bond acceptors (Lipinski definition) is 1. The summed E-state index contributed by atoms with van der Waals surface area (Å²) in [5.41, 5.74) is 0. The van der Waals surface area contributed by atoms with Gasteiger partial charge in [-0.25, -0.2) is 4.39 Å². The van der Waals surface area contributed by atoms with Gasteiger partial charge in [-0.1, -0.05) is 26.5 Å². The van der Waals surface area contributed by atoms with Crippen LogP contribution in [0.3, 0.4) is 0 Å². The molecular weight excluding hydrogens is 129 g/mol. The van der Waals surface area contributed by atoms with Crippen molar-refractivity contribution in [2.24, 2.45) is 4.99 Å². The number of nitrogens with zero attached hydrogens (tertiary/aromatic N) is 1. The smallest absolute Gasteiger partial charge is 0.137 e. The van der Waals surface area contributed by atoms with Gasteiger partial charge in [0.05, 0.1) is 6.21 Å². The molecule has 1 nitrogen and oxygen atoms in total. The molecule has 0 unspecified atom stereocenters. The van der Waals surface area contributed by atoms with Crippen LogP contribution in [0, 0.1) is 0 Å². The molecule has 0 heterocycles. The zero-order chi connectivity index (χ0) is 8.41. The van der Waals surface area contributed by atoms with Crippen LogP contribution >= 0.6 is 0 Å². The molecule has 0 aliphatic carbocycles. The van der Waals surface area contributed by atoms with Gasteiger partial charge in [0.1, 0.15) is 5.83 Å². The maximum atomic E-state index is 12.0. The predicted octanol–water partition coefficient (Wildman–Crippen LogP) is 3.10. The molecule has 58 valence electrons. The van der Waals surface area contributed by atoms with Crippen LogP contribution in [0.15, 0.2) is 29.7 Å². The van der Waals surface area contributed by atoms with E-state index in [1.54, 1.807) is 6.92 Å². The Bertz CT molecular complexity index is 125. The summed E-state index contributed by atoms with van der Waals surface area (Å²) < 4.78 is 12.0. The van der Waals surface area contributed by atoms with Gasteiger partial charge in [0.25, 0.3) is 0 Å². The summed E-state index contributed by atoms with van der Waals surface area (Å²) >= 11 is 0. The van der Waals surface area contributed by atoms with Crippen LogP contribution in [-0.2, 0) is 0 Å². The first-order chi connectivity index (χ1) is 4.81. The van der Waals surface area contributed by atoms with E-state index in [0.29, 0.717) is 0 Å². The summed E-state index contributed by atoms with van der Waals surface area (Å²) in [4.78, 5) is 3.44. The highest BCUT2D eigenvalue weighted by molar-refractivity contribution is 5.75. The molecule has 0 aromatic rings. The van der Waals surface area contributed by atoms with Gasteiger partial charge in [0.15, 0.2) is 0 Å². The third-order valence-corrected chi connectivity index (χ3v) is 0.579. The molecule has 0 spiro atoms. The van der Waals surface area contributed by atoms with Crippen LogP contribution in [0.1, 0.15) is 20.8 Å². The van der Waals surface area contributed by atoms with Gasteiger partial charge in [-0.2, -0.15) is 0 Å². The van der Waals surface area contributed by atoms with Crippen LogP contribution in [0.2, 0.25) is 0 Å². The Balaban J connectivity index is 0. The van der Waals surface area contributed by atoms with Crippen LogP contribution in [0.5, 0.6) is 0 Å². The minimum absolute atomic E-state index is 0.343. The van der Waals surface area contributed by atoms with Crippen molar-refractivity contribution >= 4 is 6.21 Å². The van der Waals surface area contributed by atoms with E-state index in [-0.39, 0.29) is 5.83 Å². The first kappa shape index (κ1) is 11.8. The first-order valence-corrected chi connectivity index (χ1v) is 3.27. The molecule has 0 aliphatic rings. The topological polar surface area (TPSA) is 12.4 Å². The Morgan fingerprint density at radius 1 is 1.50 bits per heavy atom.